The molecule has 0 saturated heterocycles. The Morgan fingerprint density at radius 1 is 1.24 bits per heavy atom. The molecule has 0 amide bonds. The van der Waals surface area contributed by atoms with E-state index in [1.54, 1.807) is 0 Å². The first-order chi connectivity index (χ1) is 10.1. The number of hydrogen-bond donors (Lipinski definition) is 1. The maximum absolute atomic E-state index is 4.76. The molecule has 0 atom stereocenters. The van der Waals surface area contributed by atoms with E-state index < -0.39 is 0 Å². The second-order valence-electron chi connectivity index (χ2n) is 5.53. The van der Waals surface area contributed by atoms with Gasteiger partial charge in [0.25, 0.3) is 0 Å². The van der Waals surface area contributed by atoms with Crippen LogP contribution in [-0.2, 0) is 6.42 Å². The Morgan fingerprint density at radius 3 is 2.62 bits per heavy atom. The van der Waals surface area contributed by atoms with Crippen molar-refractivity contribution in [1.82, 2.24) is 19.5 Å². The quantitative estimate of drug-likeness (QED) is 0.883. The van der Waals surface area contributed by atoms with Gasteiger partial charge in [0, 0.05) is 36.8 Å². The van der Waals surface area contributed by atoms with Crippen LogP contribution in [0.3, 0.4) is 0 Å². The van der Waals surface area contributed by atoms with Gasteiger partial charge in [-0.3, -0.25) is 4.57 Å². The number of nitrogens with zero attached hydrogens (tertiary/aromatic N) is 4. The van der Waals surface area contributed by atoms with E-state index >= 15 is 0 Å². The Kier molecular flexibility index (Phi) is 4.94. The summed E-state index contributed by atoms with van der Waals surface area (Å²) in [6.45, 7) is 11.5. The second-order valence-corrected chi connectivity index (χ2v) is 5.53. The fraction of sp³-hybridized carbons (Fsp3) is 0.562. The lowest BCUT2D eigenvalue weighted by Gasteiger charge is -2.16. The van der Waals surface area contributed by atoms with Gasteiger partial charge >= 0.3 is 0 Å². The van der Waals surface area contributed by atoms with Crippen LogP contribution in [0.2, 0.25) is 0 Å². The van der Waals surface area contributed by atoms with Crippen LogP contribution < -0.4 is 5.32 Å². The molecule has 0 bridgehead atoms. The predicted octanol–water partition coefficient (Wildman–Crippen LogP) is 3.48. The molecule has 2 aromatic heterocycles. The molecule has 5 nitrogen and oxygen atoms in total. The average molecular weight is 287 g/mol. The highest BCUT2D eigenvalue weighted by molar-refractivity contribution is 5.52. The normalized spacial score (nSPS) is 11.1. The summed E-state index contributed by atoms with van der Waals surface area (Å²) in [6, 6.07) is 0. The van der Waals surface area contributed by atoms with Crippen molar-refractivity contribution in [3.63, 3.8) is 0 Å². The SMILES string of the molecule is CCCNc1nc(C(C)C)nc(-n2ccnc2CC)c1C. The van der Waals surface area contributed by atoms with E-state index in [1.165, 1.54) is 0 Å². The Bertz CT molecular complexity index is 601. The van der Waals surface area contributed by atoms with Crippen molar-refractivity contribution < 1.29 is 0 Å². The summed E-state index contributed by atoms with van der Waals surface area (Å²) < 4.78 is 2.07. The van der Waals surface area contributed by atoms with E-state index in [4.69, 9.17) is 4.98 Å². The van der Waals surface area contributed by atoms with Crippen molar-refractivity contribution >= 4 is 5.82 Å². The van der Waals surface area contributed by atoms with E-state index in [-0.39, 0.29) is 0 Å². The number of aryl methyl sites for hydroxylation is 1. The van der Waals surface area contributed by atoms with Crippen molar-refractivity contribution in [2.45, 2.75) is 53.4 Å². The van der Waals surface area contributed by atoms with E-state index in [0.29, 0.717) is 5.92 Å². The monoisotopic (exact) mass is 287 g/mol. The van der Waals surface area contributed by atoms with Crippen LogP contribution in [0, 0.1) is 6.92 Å². The Morgan fingerprint density at radius 2 is 2.00 bits per heavy atom. The van der Waals surface area contributed by atoms with Gasteiger partial charge in [-0.2, -0.15) is 0 Å². The maximum Gasteiger partial charge on any atom is 0.146 e. The first-order valence-corrected chi connectivity index (χ1v) is 7.73. The maximum atomic E-state index is 4.76. The zero-order chi connectivity index (χ0) is 15.4. The fourth-order valence-corrected chi connectivity index (χ4v) is 2.22. The van der Waals surface area contributed by atoms with Crippen molar-refractivity contribution in [1.29, 1.82) is 0 Å². The molecular formula is C16H25N5. The smallest absolute Gasteiger partial charge is 0.146 e. The summed E-state index contributed by atoms with van der Waals surface area (Å²) >= 11 is 0. The molecular weight excluding hydrogens is 262 g/mol. The standard InChI is InChI=1S/C16H25N5/c1-6-8-18-15-12(5)16(20-14(19-15)11(3)4)21-10-9-17-13(21)7-2/h9-11H,6-8H2,1-5H3,(H,18,19,20). The molecule has 0 fully saturated rings. The van der Waals surface area contributed by atoms with Crippen LogP contribution in [0.4, 0.5) is 5.82 Å². The first kappa shape index (κ1) is 15.5. The van der Waals surface area contributed by atoms with Gasteiger partial charge in [-0.1, -0.05) is 27.7 Å². The molecule has 0 aliphatic heterocycles. The lowest BCUT2D eigenvalue weighted by Crippen LogP contribution is -2.13. The second kappa shape index (κ2) is 6.70. The minimum atomic E-state index is 0.292. The molecule has 0 aliphatic carbocycles. The predicted molar refractivity (Wildman–Crippen MR) is 86.1 cm³/mol. The number of rotatable bonds is 6. The summed E-state index contributed by atoms with van der Waals surface area (Å²) in [5, 5.41) is 3.41. The van der Waals surface area contributed by atoms with Crippen LogP contribution >= 0.6 is 0 Å². The van der Waals surface area contributed by atoms with Crippen LogP contribution in [0.15, 0.2) is 12.4 Å². The molecule has 0 unspecified atom stereocenters. The third-order valence-electron chi connectivity index (χ3n) is 3.46. The number of aromatic nitrogens is 4. The molecule has 0 radical (unpaired) electrons. The average Bonchev–Trinajstić information content (AvgIpc) is 2.94. The van der Waals surface area contributed by atoms with Gasteiger partial charge in [-0.25, -0.2) is 15.0 Å². The van der Waals surface area contributed by atoms with Crippen LogP contribution in [0.5, 0.6) is 0 Å². The molecule has 5 heteroatoms. The van der Waals surface area contributed by atoms with Gasteiger partial charge in [-0.05, 0) is 13.3 Å². The summed E-state index contributed by atoms with van der Waals surface area (Å²) in [5.74, 6) is 4.04. The van der Waals surface area contributed by atoms with Gasteiger partial charge in [0.2, 0.25) is 0 Å². The fourth-order valence-electron chi connectivity index (χ4n) is 2.22. The molecule has 0 aromatic carbocycles. The Hall–Kier alpha value is -1.91. The summed E-state index contributed by atoms with van der Waals surface area (Å²) in [6.07, 6.45) is 5.75. The third kappa shape index (κ3) is 3.23. The van der Waals surface area contributed by atoms with Gasteiger partial charge in [0.15, 0.2) is 0 Å². The lowest BCUT2D eigenvalue weighted by molar-refractivity contribution is 0.749. The zero-order valence-corrected chi connectivity index (χ0v) is 13.6. The van der Waals surface area contributed by atoms with E-state index in [1.807, 2.05) is 12.4 Å². The van der Waals surface area contributed by atoms with E-state index in [9.17, 15) is 0 Å². The minimum Gasteiger partial charge on any atom is -0.370 e. The number of hydrogen-bond acceptors (Lipinski definition) is 4. The number of nitrogens with one attached hydrogen (secondary N) is 1. The van der Waals surface area contributed by atoms with Gasteiger partial charge in [0.1, 0.15) is 23.3 Å². The number of imidazole rings is 1. The molecule has 114 valence electrons. The first-order valence-electron chi connectivity index (χ1n) is 7.73. The molecule has 1 N–H and O–H groups in total. The van der Waals surface area contributed by atoms with Crippen LogP contribution in [0.1, 0.15) is 57.2 Å². The topological polar surface area (TPSA) is 55.6 Å². The highest BCUT2D eigenvalue weighted by atomic mass is 15.2. The van der Waals surface area contributed by atoms with Crippen molar-refractivity contribution in [2.75, 3.05) is 11.9 Å². The van der Waals surface area contributed by atoms with E-state index in [0.717, 1.165) is 48.2 Å². The van der Waals surface area contributed by atoms with E-state index in [2.05, 4.69) is 54.5 Å². The molecule has 21 heavy (non-hydrogen) atoms. The number of anilines is 1. The molecule has 2 heterocycles. The molecule has 2 rings (SSSR count). The van der Waals surface area contributed by atoms with Crippen molar-refractivity contribution in [3.05, 3.63) is 29.6 Å². The molecule has 0 aliphatic rings. The van der Waals surface area contributed by atoms with Crippen LogP contribution in [0.25, 0.3) is 5.82 Å². The van der Waals surface area contributed by atoms with Crippen molar-refractivity contribution in [3.8, 4) is 5.82 Å². The highest BCUT2D eigenvalue weighted by Gasteiger charge is 2.15. The Balaban J connectivity index is 2.55. The summed E-state index contributed by atoms with van der Waals surface area (Å²) in [7, 11) is 0. The summed E-state index contributed by atoms with van der Waals surface area (Å²) in [5.41, 5.74) is 1.07. The lowest BCUT2D eigenvalue weighted by atomic mass is 10.2. The van der Waals surface area contributed by atoms with Gasteiger partial charge in [0.05, 0.1) is 0 Å². The summed E-state index contributed by atoms with van der Waals surface area (Å²) in [4.78, 5) is 13.8. The van der Waals surface area contributed by atoms with Gasteiger partial charge < -0.3 is 5.32 Å². The largest absolute Gasteiger partial charge is 0.370 e. The Labute approximate surface area is 126 Å². The zero-order valence-electron chi connectivity index (χ0n) is 13.6. The highest BCUT2D eigenvalue weighted by Crippen LogP contribution is 2.23. The minimum absolute atomic E-state index is 0.292. The van der Waals surface area contributed by atoms with Crippen molar-refractivity contribution in [2.24, 2.45) is 0 Å². The molecule has 0 spiro atoms. The molecule has 2 aromatic rings. The molecule has 0 saturated carbocycles. The third-order valence-corrected chi connectivity index (χ3v) is 3.46. The van der Waals surface area contributed by atoms with Crippen LogP contribution in [-0.4, -0.2) is 26.1 Å². The van der Waals surface area contributed by atoms with Gasteiger partial charge in [-0.15, -0.1) is 0 Å².